The van der Waals surface area contributed by atoms with E-state index in [0.717, 1.165) is 4.90 Å². The van der Waals surface area contributed by atoms with Crippen LogP contribution >= 0.6 is 11.6 Å². The number of amides is 1. The fourth-order valence-corrected chi connectivity index (χ4v) is 2.23. The number of benzene rings is 2. The average Bonchev–Trinajstić information content (AvgIpc) is 2.51. The molecule has 0 spiro atoms. The lowest BCUT2D eigenvalue weighted by molar-refractivity contribution is -0.908. The highest BCUT2D eigenvalue weighted by Gasteiger charge is 2.22. The van der Waals surface area contributed by atoms with Crippen molar-refractivity contribution in [1.29, 1.82) is 0 Å². The van der Waals surface area contributed by atoms with E-state index >= 15 is 0 Å². The second-order valence-electron chi connectivity index (χ2n) is 5.33. The number of carbonyl (C=O) groups excluding carboxylic acids is 1. The van der Waals surface area contributed by atoms with Gasteiger partial charge in [-0.25, -0.2) is 4.39 Å². The highest BCUT2D eigenvalue weighted by molar-refractivity contribution is 6.30. The van der Waals surface area contributed by atoms with Crippen molar-refractivity contribution < 1.29 is 14.1 Å². The summed E-state index contributed by atoms with van der Waals surface area (Å²) in [5.41, 5.74) is 1.30. The van der Waals surface area contributed by atoms with Crippen molar-refractivity contribution in [3.05, 3.63) is 64.9 Å². The molecule has 1 amide bonds. The van der Waals surface area contributed by atoms with Crippen LogP contribution in [-0.2, 0) is 11.3 Å². The van der Waals surface area contributed by atoms with Crippen LogP contribution in [0.1, 0.15) is 12.5 Å². The van der Waals surface area contributed by atoms with Gasteiger partial charge in [-0.1, -0.05) is 29.8 Å². The first-order chi connectivity index (χ1) is 10.5. The fourth-order valence-electron chi connectivity index (χ4n) is 2.10. The van der Waals surface area contributed by atoms with Gasteiger partial charge in [0, 0.05) is 16.3 Å². The van der Waals surface area contributed by atoms with Gasteiger partial charge in [0.1, 0.15) is 12.4 Å². The van der Waals surface area contributed by atoms with E-state index in [0.29, 0.717) is 22.8 Å². The Morgan fingerprint density at radius 3 is 2.50 bits per heavy atom. The number of hydrogen-bond acceptors (Lipinski definition) is 1. The van der Waals surface area contributed by atoms with Crippen LogP contribution in [0.2, 0.25) is 5.02 Å². The van der Waals surface area contributed by atoms with E-state index in [1.165, 1.54) is 6.07 Å². The van der Waals surface area contributed by atoms with Gasteiger partial charge in [0.05, 0.1) is 7.05 Å². The molecule has 0 aliphatic heterocycles. The second kappa shape index (κ2) is 7.38. The smallest absolute Gasteiger partial charge is 0.282 e. The third kappa shape index (κ3) is 4.29. The third-order valence-corrected chi connectivity index (χ3v) is 3.92. The average molecular weight is 322 g/mol. The van der Waals surface area contributed by atoms with E-state index in [1.807, 2.05) is 14.0 Å². The summed E-state index contributed by atoms with van der Waals surface area (Å²) in [6.45, 7) is 2.27. The minimum Gasteiger partial charge on any atom is -0.324 e. The maximum atomic E-state index is 13.7. The van der Waals surface area contributed by atoms with Crippen molar-refractivity contribution in [2.45, 2.75) is 19.5 Å². The quantitative estimate of drug-likeness (QED) is 0.872. The number of rotatable bonds is 5. The molecule has 0 bridgehead atoms. The molecule has 2 rings (SSSR count). The molecule has 2 atom stereocenters. The summed E-state index contributed by atoms with van der Waals surface area (Å²) in [5, 5.41) is 3.46. The van der Waals surface area contributed by atoms with Gasteiger partial charge in [-0.15, -0.1) is 0 Å². The molecule has 0 aliphatic carbocycles. The van der Waals surface area contributed by atoms with Gasteiger partial charge in [-0.05, 0) is 37.3 Å². The second-order valence-corrected chi connectivity index (χ2v) is 5.77. The Morgan fingerprint density at radius 2 is 1.86 bits per heavy atom. The van der Waals surface area contributed by atoms with Crippen molar-refractivity contribution in [1.82, 2.24) is 0 Å². The lowest BCUT2D eigenvalue weighted by atomic mass is 10.1. The molecule has 22 heavy (non-hydrogen) atoms. The molecular weight excluding hydrogens is 303 g/mol. The van der Waals surface area contributed by atoms with Gasteiger partial charge < -0.3 is 10.2 Å². The first kappa shape index (κ1) is 16.5. The fraction of sp³-hybridized carbons (Fsp3) is 0.235. The van der Waals surface area contributed by atoms with Crippen LogP contribution in [-0.4, -0.2) is 19.0 Å². The van der Waals surface area contributed by atoms with Crippen molar-refractivity contribution >= 4 is 23.2 Å². The maximum Gasteiger partial charge on any atom is 0.282 e. The zero-order valence-electron chi connectivity index (χ0n) is 12.6. The Balaban J connectivity index is 1.97. The Labute approximate surface area is 134 Å². The molecule has 0 saturated heterocycles. The largest absolute Gasteiger partial charge is 0.324 e. The Morgan fingerprint density at radius 1 is 1.23 bits per heavy atom. The van der Waals surface area contributed by atoms with Crippen molar-refractivity contribution in [2.24, 2.45) is 0 Å². The highest BCUT2D eigenvalue weighted by Crippen LogP contribution is 2.13. The minimum absolute atomic E-state index is 0.115. The van der Waals surface area contributed by atoms with Crippen LogP contribution in [0, 0.1) is 5.82 Å². The summed E-state index contributed by atoms with van der Waals surface area (Å²) in [6.07, 6.45) is 0. The molecule has 0 aromatic heterocycles. The Bertz CT molecular complexity index is 645. The Hall–Kier alpha value is -1.91. The number of likely N-dealkylation sites (N-methyl/N-ethyl adjacent to an activating group) is 1. The lowest BCUT2D eigenvalue weighted by Gasteiger charge is -2.21. The number of carbonyl (C=O) groups is 1. The monoisotopic (exact) mass is 321 g/mol. The van der Waals surface area contributed by atoms with Gasteiger partial charge in [0.2, 0.25) is 0 Å². The summed E-state index contributed by atoms with van der Waals surface area (Å²) in [6, 6.07) is 13.3. The van der Waals surface area contributed by atoms with E-state index in [4.69, 9.17) is 11.6 Å². The summed E-state index contributed by atoms with van der Waals surface area (Å²) >= 11 is 5.81. The summed E-state index contributed by atoms with van der Waals surface area (Å²) in [4.78, 5) is 13.2. The molecule has 2 aromatic carbocycles. The van der Waals surface area contributed by atoms with Crippen LogP contribution in [0.5, 0.6) is 0 Å². The molecule has 5 heteroatoms. The van der Waals surface area contributed by atoms with Gasteiger partial charge in [0.15, 0.2) is 6.04 Å². The third-order valence-electron chi connectivity index (χ3n) is 3.67. The number of quaternary nitrogens is 1. The molecule has 0 fully saturated rings. The van der Waals surface area contributed by atoms with Crippen LogP contribution < -0.4 is 10.2 Å². The standard InChI is InChI=1S/C17H18ClFN2O/c1-12(17(22)20-15-9-7-14(18)8-10-15)21(2)11-13-5-3-4-6-16(13)19/h3-10,12H,11H2,1-2H3,(H,20,22)/p+1/t12-/m0/s1. The molecule has 1 unspecified atom stereocenters. The zero-order valence-corrected chi connectivity index (χ0v) is 13.3. The van der Waals surface area contributed by atoms with Gasteiger partial charge >= 0.3 is 0 Å². The summed E-state index contributed by atoms with van der Waals surface area (Å²) in [5.74, 6) is -0.358. The van der Waals surface area contributed by atoms with E-state index < -0.39 is 0 Å². The van der Waals surface area contributed by atoms with Crippen molar-refractivity contribution in [2.75, 3.05) is 12.4 Å². The predicted molar refractivity (Wildman–Crippen MR) is 86.5 cm³/mol. The van der Waals surface area contributed by atoms with Crippen LogP contribution in [0.25, 0.3) is 0 Å². The van der Waals surface area contributed by atoms with E-state index in [2.05, 4.69) is 5.32 Å². The molecule has 0 heterocycles. The number of nitrogens with one attached hydrogen (secondary N) is 2. The molecular formula is C17H19ClFN2O+. The predicted octanol–water partition coefficient (Wildman–Crippen LogP) is 2.52. The van der Waals surface area contributed by atoms with Gasteiger partial charge in [0.25, 0.3) is 5.91 Å². The van der Waals surface area contributed by atoms with Crippen LogP contribution in [0.3, 0.4) is 0 Å². The van der Waals surface area contributed by atoms with Crippen molar-refractivity contribution in [3.63, 3.8) is 0 Å². The van der Waals surface area contributed by atoms with E-state index in [-0.39, 0.29) is 17.8 Å². The maximum absolute atomic E-state index is 13.7. The molecule has 0 aliphatic rings. The highest BCUT2D eigenvalue weighted by atomic mass is 35.5. The SMILES string of the molecule is C[C@@H](C(=O)Nc1ccc(Cl)cc1)[NH+](C)Cc1ccccc1F. The summed E-state index contributed by atoms with van der Waals surface area (Å²) in [7, 11) is 1.87. The number of hydrogen-bond donors (Lipinski definition) is 2. The van der Waals surface area contributed by atoms with E-state index in [9.17, 15) is 9.18 Å². The minimum atomic E-state index is -0.310. The van der Waals surface area contributed by atoms with Crippen molar-refractivity contribution in [3.8, 4) is 0 Å². The molecule has 2 aromatic rings. The Kier molecular flexibility index (Phi) is 5.52. The molecule has 116 valence electrons. The first-order valence-corrected chi connectivity index (χ1v) is 7.47. The topological polar surface area (TPSA) is 33.5 Å². The van der Waals surface area contributed by atoms with Gasteiger partial charge in [-0.2, -0.15) is 0 Å². The molecule has 2 N–H and O–H groups in total. The zero-order chi connectivity index (χ0) is 16.1. The molecule has 3 nitrogen and oxygen atoms in total. The number of anilines is 1. The van der Waals surface area contributed by atoms with Gasteiger partial charge in [-0.3, -0.25) is 4.79 Å². The number of halogens is 2. The lowest BCUT2D eigenvalue weighted by Crippen LogP contribution is -3.12. The normalized spacial score (nSPS) is 13.5. The molecule has 0 radical (unpaired) electrons. The van der Waals surface area contributed by atoms with E-state index in [1.54, 1.807) is 42.5 Å². The van der Waals surface area contributed by atoms with Crippen LogP contribution in [0.4, 0.5) is 10.1 Å². The first-order valence-electron chi connectivity index (χ1n) is 7.09. The molecule has 0 saturated carbocycles. The van der Waals surface area contributed by atoms with Crippen LogP contribution in [0.15, 0.2) is 48.5 Å². The summed E-state index contributed by atoms with van der Waals surface area (Å²) < 4.78 is 13.7.